The van der Waals surface area contributed by atoms with Crippen LogP contribution in [0.1, 0.15) is 22.5 Å². The van der Waals surface area contributed by atoms with E-state index in [1.54, 1.807) is 13.3 Å². The number of halogens is 1. The Morgan fingerprint density at radius 2 is 2.13 bits per heavy atom. The van der Waals surface area contributed by atoms with Crippen molar-refractivity contribution >= 4 is 33.3 Å². The van der Waals surface area contributed by atoms with Crippen LogP contribution in [-0.4, -0.2) is 36.1 Å². The van der Waals surface area contributed by atoms with Gasteiger partial charge < -0.3 is 15.4 Å². The molecule has 1 aromatic carbocycles. The molecule has 2 N–H and O–H groups in total. The molecule has 1 aromatic heterocycles. The lowest BCUT2D eigenvalue weighted by Crippen LogP contribution is -2.15. The maximum absolute atomic E-state index is 12.2. The first kappa shape index (κ1) is 17.4. The van der Waals surface area contributed by atoms with Crippen LogP contribution in [-0.2, 0) is 4.74 Å². The molecule has 0 saturated heterocycles. The molecule has 0 unspecified atom stereocenters. The van der Waals surface area contributed by atoms with Gasteiger partial charge in [0.15, 0.2) is 0 Å². The minimum Gasteiger partial charge on any atom is -0.385 e. The SMILES string of the molecule is COCCCNc1cnc(C(=O)Nc2ccc(C)cc2Br)cn1. The van der Waals surface area contributed by atoms with Crippen LogP contribution in [0.25, 0.3) is 0 Å². The first-order chi connectivity index (χ1) is 11.1. The van der Waals surface area contributed by atoms with Gasteiger partial charge in [-0.25, -0.2) is 9.97 Å². The number of carbonyl (C=O) groups is 1. The number of methoxy groups -OCH3 is 1. The number of nitrogens with one attached hydrogen (secondary N) is 2. The van der Waals surface area contributed by atoms with Crippen LogP contribution in [0.3, 0.4) is 0 Å². The fourth-order valence-electron chi connectivity index (χ4n) is 1.88. The topological polar surface area (TPSA) is 76.1 Å². The maximum atomic E-state index is 12.2. The molecule has 2 aromatic rings. The summed E-state index contributed by atoms with van der Waals surface area (Å²) in [6.07, 6.45) is 3.88. The predicted molar refractivity (Wildman–Crippen MR) is 93.8 cm³/mol. The minimum atomic E-state index is -0.298. The quantitative estimate of drug-likeness (QED) is 0.723. The number of rotatable bonds is 7. The summed E-state index contributed by atoms with van der Waals surface area (Å²) in [5.74, 6) is 0.335. The number of hydrogen-bond donors (Lipinski definition) is 2. The van der Waals surface area contributed by atoms with Crippen molar-refractivity contribution in [2.75, 3.05) is 30.9 Å². The average Bonchev–Trinajstić information content (AvgIpc) is 2.55. The van der Waals surface area contributed by atoms with Crippen molar-refractivity contribution in [2.24, 2.45) is 0 Å². The van der Waals surface area contributed by atoms with Crippen molar-refractivity contribution in [1.29, 1.82) is 0 Å². The Kier molecular flexibility index (Phi) is 6.49. The normalized spacial score (nSPS) is 10.4. The fraction of sp³-hybridized carbons (Fsp3) is 0.312. The standard InChI is InChI=1S/C16H19BrN4O2/c1-11-4-5-13(12(17)8-11)21-16(22)14-9-20-15(10-19-14)18-6-3-7-23-2/h4-5,8-10H,3,6-7H2,1-2H3,(H,18,20)(H,21,22). The second-order valence-electron chi connectivity index (χ2n) is 5.00. The molecule has 0 fully saturated rings. The highest BCUT2D eigenvalue weighted by atomic mass is 79.9. The molecule has 0 atom stereocenters. The number of amides is 1. The van der Waals surface area contributed by atoms with Gasteiger partial charge >= 0.3 is 0 Å². The maximum Gasteiger partial charge on any atom is 0.275 e. The average molecular weight is 379 g/mol. The summed E-state index contributed by atoms with van der Waals surface area (Å²) in [7, 11) is 1.67. The van der Waals surface area contributed by atoms with Crippen LogP contribution in [0.5, 0.6) is 0 Å². The van der Waals surface area contributed by atoms with Gasteiger partial charge in [-0.15, -0.1) is 0 Å². The Labute approximate surface area is 143 Å². The largest absolute Gasteiger partial charge is 0.385 e. The second kappa shape index (κ2) is 8.59. The number of aryl methyl sites for hydroxylation is 1. The molecule has 23 heavy (non-hydrogen) atoms. The first-order valence-electron chi connectivity index (χ1n) is 7.22. The highest BCUT2D eigenvalue weighted by Gasteiger charge is 2.10. The van der Waals surface area contributed by atoms with Gasteiger partial charge in [-0.2, -0.15) is 0 Å². The number of carbonyl (C=O) groups excluding carboxylic acids is 1. The molecule has 0 aliphatic heterocycles. The summed E-state index contributed by atoms with van der Waals surface area (Å²) in [5.41, 5.74) is 2.07. The number of aromatic nitrogens is 2. The van der Waals surface area contributed by atoms with Crippen molar-refractivity contribution < 1.29 is 9.53 Å². The zero-order valence-corrected chi connectivity index (χ0v) is 14.7. The smallest absolute Gasteiger partial charge is 0.275 e. The van der Waals surface area contributed by atoms with E-state index < -0.39 is 0 Å². The number of benzene rings is 1. The van der Waals surface area contributed by atoms with Crippen LogP contribution < -0.4 is 10.6 Å². The molecule has 1 heterocycles. The van der Waals surface area contributed by atoms with Crippen molar-refractivity contribution in [3.63, 3.8) is 0 Å². The van der Waals surface area contributed by atoms with Gasteiger partial charge in [0.1, 0.15) is 11.5 Å². The van der Waals surface area contributed by atoms with E-state index >= 15 is 0 Å². The number of anilines is 2. The van der Waals surface area contributed by atoms with E-state index in [1.807, 2.05) is 25.1 Å². The van der Waals surface area contributed by atoms with E-state index in [0.717, 1.165) is 23.0 Å². The molecule has 6 nitrogen and oxygen atoms in total. The molecule has 1 amide bonds. The minimum absolute atomic E-state index is 0.264. The van der Waals surface area contributed by atoms with E-state index in [0.29, 0.717) is 18.1 Å². The van der Waals surface area contributed by atoms with Gasteiger partial charge in [0.25, 0.3) is 5.91 Å². The van der Waals surface area contributed by atoms with Gasteiger partial charge in [-0.3, -0.25) is 4.79 Å². The van der Waals surface area contributed by atoms with Gasteiger partial charge in [0.05, 0.1) is 18.1 Å². The lowest BCUT2D eigenvalue weighted by atomic mass is 10.2. The molecule has 2 rings (SSSR count). The molecule has 122 valence electrons. The number of hydrogen-bond acceptors (Lipinski definition) is 5. The summed E-state index contributed by atoms with van der Waals surface area (Å²) in [4.78, 5) is 20.5. The second-order valence-corrected chi connectivity index (χ2v) is 5.85. The molecule has 0 bridgehead atoms. The van der Waals surface area contributed by atoms with Crippen LogP contribution in [0.4, 0.5) is 11.5 Å². The molecule has 0 aliphatic carbocycles. The Hall–Kier alpha value is -1.99. The lowest BCUT2D eigenvalue weighted by Gasteiger charge is -2.08. The van der Waals surface area contributed by atoms with Gasteiger partial charge in [-0.1, -0.05) is 6.07 Å². The zero-order chi connectivity index (χ0) is 16.7. The van der Waals surface area contributed by atoms with E-state index in [2.05, 4.69) is 36.5 Å². The third-order valence-electron chi connectivity index (χ3n) is 3.09. The lowest BCUT2D eigenvalue weighted by molar-refractivity contribution is 0.102. The number of ether oxygens (including phenoxy) is 1. The van der Waals surface area contributed by atoms with Crippen molar-refractivity contribution in [3.8, 4) is 0 Å². The summed E-state index contributed by atoms with van der Waals surface area (Å²) < 4.78 is 5.80. The molecule has 0 saturated carbocycles. The highest BCUT2D eigenvalue weighted by molar-refractivity contribution is 9.10. The van der Waals surface area contributed by atoms with E-state index in [-0.39, 0.29) is 11.6 Å². The summed E-state index contributed by atoms with van der Waals surface area (Å²) >= 11 is 3.43. The summed E-state index contributed by atoms with van der Waals surface area (Å²) in [6.45, 7) is 3.41. The molecule has 0 radical (unpaired) electrons. The monoisotopic (exact) mass is 378 g/mol. The van der Waals surface area contributed by atoms with E-state index in [4.69, 9.17) is 4.74 Å². The Balaban J connectivity index is 1.94. The van der Waals surface area contributed by atoms with E-state index in [9.17, 15) is 4.79 Å². The van der Waals surface area contributed by atoms with Crippen LogP contribution in [0.15, 0.2) is 35.1 Å². The number of nitrogens with zero attached hydrogens (tertiary/aromatic N) is 2. The van der Waals surface area contributed by atoms with Gasteiger partial charge in [0, 0.05) is 24.7 Å². The zero-order valence-electron chi connectivity index (χ0n) is 13.1. The Bertz CT molecular complexity index is 662. The molecule has 0 aliphatic rings. The Morgan fingerprint density at radius 3 is 2.78 bits per heavy atom. The summed E-state index contributed by atoms with van der Waals surface area (Å²) in [5, 5.41) is 5.93. The van der Waals surface area contributed by atoms with Gasteiger partial charge in [0.2, 0.25) is 0 Å². The van der Waals surface area contributed by atoms with Crippen LogP contribution in [0.2, 0.25) is 0 Å². The molecule has 7 heteroatoms. The van der Waals surface area contributed by atoms with Crippen LogP contribution >= 0.6 is 15.9 Å². The van der Waals surface area contributed by atoms with Crippen molar-refractivity contribution in [2.45, 2.75) is 13.3 Å². The predicted octanol–water partition coefficient (Wildman–Crippen LogP) is 3.25. The molecule has 0 spiro atoms. The molecular weight excluding hydrogens is 360 g/mol. The third-order valence-corrected chi connectivity index (χ3v) is 3.74. The third kappa shape index (κ3) is 5.30. The van der Waals surface area contributed by atoms with Gasteiger partial charge in [-0.05, 0) is 47.0 Å². The first-order valence-corrected chi connectivity index (χ1v) is 8.02. The van der Waals surface area contributed by atoms with E-state index in [1.165, 1.54) is 6.20 Å². The van der Waals surface area contributed by atoms with Crippen LogP contribution in [0, 0.1) is 6.92 Å². The van der Waals surface area contributed by atoms with Crippen molar-refractivity contribution in [3.05, 3.63) is 46.3 Å². The highest BCUT2D eigenvalue weighted by Crippen LogP contribution is 2.23. The van der Waals surface area contributed by atoms with Crippen molar-refractivity contribution in [1.82, 2.24) is 9.97 Å². The summed E-state index contributed by atoms with van der Waals surface area (Å²) in [6, 6.07) is 5.71. The molecular formula is C16H19BrN4O2. The fourth-order valence-corrected chi connectivity index (χ4v) is 2.47. The Morgan fingerprint density at radius 1 is 1.30 bits per heavy atom.